The molecule has 0 atom stereocenters. The number of aryl methyl sites for hydroxylation is 1. The maximum atomic E-state index is 6.57. The Balaban J connectivity index is 0.00000218. The van der Waals surface area contributed by atoms with Crippen LogP contribution >= 0.6 is 12.4 Å². The third kappa shape index (κ3) is 3.23. The molecule has 1 fully saturated rings. The minimum atomic E-state index is 0. The topological polar surface area (TPSA) is 86.0 Å². The van der Waals surface area contributed by atoms with Crippen LogP contribution in [0.15, 0.2) is 54.9 Å². The number of halogens is 1. The van der Waals surface area contributed by atoms with Gasteiger partial charge in [0.25, 0.3) is 0 Å². The zero-order chi connectivity index (χ0) is 20.0. The molecule has 0 unspecified atom stereocenters. The molecule has 5 rings (SSSR count). The number of aromatic nitrogens is 3. The van der Waals surface area contributed by atoms with E-state index in [1.54, 1.807) is 6.20 Å². The second kappa shape index (κ2) is 7.88. The first kappa shape index (κ1) is 20.0. The van der Waals surface area contributed by atoms with Crippen molar-refractivity contribution in [1.82, 2.24) is 14.5 Å². The Morgan fingerprint density at radius 1 is 0.967 bits per heavy atom. The number of nitrogens with zero attached hydrogens (tertiary/aromatic N) is 4. The molecule has 7 heteroatoms. The van der Waals surface area contributed by atoms with Crippen LogP contribution in [0, 0.1) is 0 Å². The zero-order valence-corrected chi connectivity index (χ0v) is 17.7. The van der Waals surface area contributed by atoms with Crippen molar-refractivity contribution in [1.29, 1.82) is 0 Å². The predicted octanol–water partition coefficient (Wildman–Crippen LogP) is 4.49. The number of nitrogen functional groups attached to an aromatic ring is 2. The minimum absolute atomic E-state index is 0. The van der Waals surface area contributed by atoms with Gasteiger partial charge in [-0.3, -0.25) is 0 Å². The van der Waals surface area contributed by atoms with Crippen LogP contribution in [0.3, 0.4) is 0 Å². The fraction of sp³-hybridized carbons (Fsp3) is 0.217. The number of nitrogens with two attached hydrogens (primary N) is 2. The highest BCUT2D eigenvalue weighted by Gasteiger charge is 2.20. The molecule has 0 spiro atoms. The number of fused-ring (bicyclic) bond motifs is 1. The molecule has 0 saturated carbocycles. The van der Waals surface area contributed by atoms with Gasteiger partial charge >= 0.3 is 0 Å². The molecule has 4 aromatic rings. The third-order valence-corrected chi connectivity index (χ3v) is 5.75. The zero-order valence-electron chi connectivity index (χ0n) is 16.9. The van der Waals surface area contributed by atoms with E-state index >= 15 is 0 Å². The maximum absolute atomic E-state index is 6.57. The molecule has 0 amide bonds. The van der Waals surface area contributed by atoms with Gasteiger partial charge in [-0.2, -0.15) is 0 Å². The number of hydrogen-bond donors (Lipinski definition) is 2. The molecule has 154 valence electrons. The Morgan fingerprint density at radius 3 is 2.53 bits per heavy atom. The smallest absolute Gasteiger partial charge is 0.164 e. The first-order chi connectivity index (χ1) is 14.1. The molecule has 0 radical (unpaired) electrons. The van der Waals surface area contributed by atoms with Crippen molar-refractivity contribution in [2.45, 2.75) is 12.8 Å². The quantitative estimate of drug-likeness (QED) is 0.477. The maximum Gasteiger partial charge on any atom is 0.164 e. The summed E-state index contributed by atoms with van der Waals surface area (Å²) in [6.07, 6.45) is 6.25. The number of hydrogen-bond acceptors (Lipinski definition) is 5. The summed E-state index contributed by atoms with van der Waals surface area (Å²) in [5.74, 6) is 0.562. The lowest BCUT2D eigenvalue weighted by Gasteiger charge is -2.22. The Kier molecular flexibility index (Phi) is 5.26. The Bertz CT molecular complexity index is 1210. The molecule has 1 aliphatic rings. The van der Waals surface area contributed by atoms with Crippen LogP contribution in [0.2, 0.25) is 0 Å². The summed E-state index contributed by atoms with van der Waals surface area (Å²) in [7, 11) is 2.05. The number of para-hydroxylation sites is 1. The highest BCUT2D eigenvalue weighted by Crippen LogP contribution is 2.39. The van der Waals surface area contributed by atoms with Crippen LogP contribution in [0.5, 0.6) is 0 Å². The van der Waals surface area contributed by atoms with Gasteiger partial charge < -0.3 is 20.9 Å². The van der Waals surface area contributed by atoms with E-state index in [1.165, 1.54) is 12.8 Å². The number of anilines is 3. The summed E-state index contributed by atoms with van der Waals surface area (Å²) >= 11 is 0. The number of benzene rings is 2. The predicted molar refractivity (Wildman–Crippen MR) is 127 cm³/mol. The standard InChI is InChI=1S/C23H24N6.ClH/c1-28-14-16(15-6-2-3-7-19(15)28)18-10-11-26-23(27-18)21-17(24)8-9-20(22(21)25)29-12-4-5-13-29;/h2-3,6-11,14H,4-5,12-13,24-25H2,1H3;1H. The fourth-order valence-corrected chi connectivity index (χ4v) is 4.28. The van der Waals surface area contributed by atoms with Gasteiger partial charge in [0, 0.05) is 54.7 Å². The monoisotopic (exact) mass is 420 g/mol. The summed E-state index contributed by atoms with van der Waals surface area (Å²) in [4.78, 5) is 11.7. The first-order valence-electron chi connectivity index (χ1n) is 9.94. The molecule has 3 heterocycles. The van der Waals surface area contributed by atoms with Crippen molar-refractivity contribution in [3.05, 3.63) is 54.9 Å². The van der Waals surface area contributed by atoms with Gasteiger partial charge in [0.05, 0.1) is 22.6 Å². The molecule has 1 saturated heterocycles. The average molecular weight is 421 g/mol. The largest absolute Gasteiger partial charge is 0.398 e. The van der Waals surface area contributed by atoms with E-state index in [0.717, 1.165) is 46.5 Å². The van der Waals surface area contributed by atoms with E-state index < -0.39 is 0 Å². The van der Waals surface area contributed by atoms with Crippen LogP contribution in [0.4, 0.5) is 17.1 Å². The van der Waals surface area contributed by atoms with E-state index in [9.17, 15) is 0 Å². The molecule has 6 nitrogen and oxygen atoms in total. The molecule has 1 aliphatic heterocycles. The summed E-state index contributed by atoms with van der Waals surface area (Å²) < 4.78 is 2.11. The molecule has 30 heavy (non-hydrogen) atoms. The van der Waals surface area contributed by atoms with Crippen molar-refractivity contribution in [3.63, 3.8) is 0 Å². The van der Waals surface area contributed by atoms with Gasteiger partial charge in [0.2, 0.25) is 0 Å². The average Bonchev–Trinajstić information content (AvgIpc) is 3.37. The van der Waals surface area contributed by atoms with Gasteiger partial charge in [-0.05, 0) is 37.1 Å². The van der Waals surface area contributed by atoms with E-state index in [-0.39, 0.29) is 12.4 Å². The molecule has 0 bridgehead atoms. The van der Waals surface area contributed by atoms with E-state index in [2.05, 4.69) is 32.8 Å². The normalized spacial score (nSPS) is 13.6. The lowest BCUT2D eigenvalue weighted by molar-refractivity contribution is 0.949. The minimum Gasteiger partial charge on any atom is -0.398 e. The Morgan fingerprint density at radius 2 is 1.73 bits per heavy atom. The first-order valence-corrected chi connectivity index (χ1v) is 9.94. The Hall–Kier alpha value is -3.25. The molecule has 2 aromatic carbocycles. The Labute approximate surface area is 181 Å². The molecule has 4 N–H and O–H groups in total. The van der Waals surface area contributed by atoms with Crippen LogP contribution in [-0.2, 0) is 7.05 Å². The SMILES string of the molecule is Cl.Cn1cc(-c2ccnc(-c3c(N)ccc(N4CCCC4)c3N)n2)c2ccccc21. The molecular formula is C23H25ClN6. The van der Waals surface area contributed by atoms with Crippen molar-refractivity contribution in [3.8, 4) is 22.6 Å². The fourth-order valence-electron chi connectivity index (χ4n) is 4.28. The highest BCUT2D eigenvalue weighted by atomic mass is 35.5. The van der Waals surface area contributed by atoms with Gasteiger partial charge in [-0.25, -0.2) is 9.97 Å². The third-order valence-electron chi connectivity index (χ3n) is 5.75. The van der Waals surface area contributed by atoms with Gasteiger partial charge in [0.1, 0.15) is 0 Å². The number of rotatable bonds is 3. The summed E-state index contributed by atoms with van der Waals surface area (Å²) in [5, 5.41) is 1.16. The van der Waals surface area contributed by atoms with Crippen LogP contribution in [-0.4, -0.2) is 27.6 Å². The second-order valence-electron chi connectivity index (χ2n) is 7.59. The molecule has 0 aliphatic carbocycles. The van der Waals surface area contributed by atoms with Gasteiger partial charge in [-0.1, -0.05) is 18.2 Å². The van der Waals surface area contributed by atoms with Crippen molar-refractivity contribution < 1.29 is 0 Å². The lowest BCUT2D eigenvalue weighted by Crippen LogP contribution is -2.19. The van der Waals surface area contributed by atoms with Crippen molar-refractivity contribution in [2.75, 3.05) is 29.5 Å². The molecule has 2 aromatic heterocycles. The highest BCUT2D eigenvalue weighted by molar-refractivity contribution is 5.96. The van der Waals surface area contributed by atoms with Crippen molar-refractivity contribution >= 4 is 40.4 Å². The summed E-state index contributed by atoms with van der Waals surface area (Å²) in [5.41, 5.74) is 19.0. The van der Waals surface area contributed by atoms with Crippen LogP contribution in [0.1, 0.15) is 12.8 Å². The second-order valence-corrected chi connectivity index (χ2v) is 7.59. The van der Waals surface area contributed by atoms with E-state index in [0.29, 0.717) is 17.2 Å². The van der Waals surface area contributed by atoms with Crippen LogP contribution in [0.25, 0.3) is 33.5 Å². The van der Waals surface area contributed by atoms with Crippen molar-refractivity contribution in [2.24, 2.45) is 7.05 Å². The summed E-state index contributed by atoms with van der Waals surface area (Å²) in [6.45, 7) is 2.04. The van der Waals surface area contributed by atoms with Gasteiger partial charge in [0.15, 0.2) is 5.82 Å². The van der Waals surface area contributed by atoms with Crippen LogP contribution < -0.4 is 16.4 Å². The van der Waals surface area contributed by atoms with Gasteiger partial charge in [-0.15, -0.1) is 12.4 Å². The van der Waals surface area contributed by atoms with E-state index in [1.807, 2.05) is 37.4 Å². The summed E-state index contributed by atoms with van der Waals surface area (Å²) in [6, 6.07) is 14.2. The molecular weight excluding hydrogens is 396 g/mol. The van der Waals surface area contributed by atoms with E-state index in [4.69, 9.17) is 16.5 Å². The lowest BCUT2D eigenvalue weighted by atomic mass is 10.1.